The van der Waals surface area contributed by atoms with Crippen LogP contribution in [0.2, 0.25) is 0 Å². The van der Waals surface area contributed by atoms with E-state index in [2.05, 4.69) is 22.3 Å². The molecule has 2 aromatic rings. The monoisotopic (exact) mass is 286 g/mol. The van der Waals surface area contributed by atoms with Crippen molar-refractivity contribution in [3.05, 3.63) is 41.7 Å². The van der Waals surface area contributed by atoms with Gasteiger partial charge in [-0.2, -0.15) is 4.98 Å². The van der Waals surface area contributed by atoms with Crippen LogP contribution >= 0.6 is 0 Å². The first-order valence-corrected chi connectivity index (χ1v) is 7.05. The number of nitrogen functional groups attached to an aromatic ring is 1. The average Bonchev–Trinajstić information content (AvgIpc) is 2.46. The molecule has 2 rings (SSSR count). The number of aryl methyl sites for hydroxylation is 1. The lowest BCUT2D eigenvalue weighted by molar-refractivity contribution is 0.446. The summed E-state index contributed by atoms with van der Waals surface area (Å²) in [5.74, 6) is 7.91. The minimum atomic E-state index is -0.183. The van der Waals surface area contributed by atoms with E-state index in [0.717, 1.165) is 12.2 Å². The smallest absolute Gasteiger partial charge is 0.224 e. The van der Waals surface area contributed by atoms with Crippen molar-refractivity contribution in [3.63, 3.8) is 0 Å². The summed E-state index contributed by atoms with van der Waals surface area (Å²) < 4.78 is 5.81. The zero-order valence-corrected chi connectivity index (χ0v) is 13.0. The lowest BCUT2D eigenvalue weighted by Gasteiger charge is -2.18. The van der Waals surface area contributed by atoms with Gasteiger partial charge in [0, 0.05) is 11.5 Å². The highest BCUT2D eigenvalue weighted by molar-refractivity contribution is 5.40. The van der Waals surface area contributed by atoms with Gasteiger partial charge in [-0.1, -0.05) is 39.8 Å². The predicted molar refractivity (Wildman–Crippen MR) is 84.4 cm³/mol. The molecule has 21 heavy (non-hydrogen) atoms. The Hall–Kier alpha value is -2.14. The summed E-state index contributed by atoms with van der Waals surface area (Å²) in [6.45, 7) is 8.25. The van der Waals surface area contributed by atoms with E-state index in [9.17, 15) is 0 Å². The molecule has 112 valence electrons. The Bertz CT molecular complexity index is 603. The van der Waals surface area contributed by atoms with Crippen LogP contribution in [0.15, 0.2) is 30.3 Å². The maximum atomic E-state index is 5.81. The minimum absolute atomic E-state index is 0.183. The summed E-state index contributed by atoms with van der Waals surface area (Å²) >= 11 is 0. The van der Waals surface area contributed by atoms with Crippen molar-refractivity contribution in [2.24, 2.45) is 5.84 Å². The van der Waals surface area contributed by atoms with Gasteiger partial charge in [0.25, 0.3) is 0 Å². The topological polar surface area (TPSA) is 73.1 Å². The number of rotatable bonds is 4. The molecule has 5 nitrogen and oxygen atoms in total. The number of hydrazine groups is 1. The third-order valence-corrected chi connectivity index (χ3v) is 3.08. The van der Waals surface area contributed by atoms with E-state index in [4.69, 9.17) is 10.6 Å². The molecule has 0 atom stereocenters. The van der Waals surface area contributed by atoms with Crippen LogP contribution < -0.4 is 16.0 Å². The molecule has 0 aliphatic heterocycles. The fraction of sp³-hybridized carbons (Fsp3) is 0.375. The molecule has 1 heterocycles. The molecule has 1 aromatic heterocycles. The van der Waals surface area contributed by atoms with Crippen LogP contribution in [0.1, 0.15) is 39.1 Å². The second-order valence-corrected chi connectivity index (χ2v) is 5.91. The normalized spacial score (nSPS) is 11.3. The van der Waals surface area contributed by atoms with Crippen molar-refractivity contribution < 1.29 is 4.74 Å². The van der Waals surface area contributed by atoms with Crippen molar-refractivity contribution in [3.8, 4) is 11.6 Å². The summed E-state index contributed by atoms with van der Waals surface area (Å²) in [6.07, 6.45) is 1.00. The number of aromatic nitrogens is 2. The van der Waals surface area contributed by atoms with Gasteiger partial charge < -0.3 is 10.2 Å². The zero-order valence-electron chi connectivity index (χ0n) is 13.0. The molecule has 0 fully saturated rings. The number of nitrogens with one attached hydrogen (secondary N) is 1. The van der Waals surface area contributed by atoms with Gasteiger partial charge in [-0.15, -0.1) is 0 Å². The van der Waals surface area contributed by atoms with Crippen LogP contribution in [0.25, 0.3) is 0 Å². The Balaban J connectivity index is 2.29. The molecule has 0 spiro atoms. The minimum Gasteiger partial charge on any atom is -0.439 e. The van der Waals surface area contributed by atoms with Crippen LogP contribution in [0.3, 0.4) is 0 Å². The van der Waals surface area contributed by atoms with Crippen molar-refractivity contribution in [1.82, 2.24) is 9.97 Å². The van der Waals surface area contributed by atoms with Gasteiger partial charge in [0.2, 0.25) is 5.88 Å². The highest BCUT2D eigenvalue weighted by Crippen LogP contribution is 2.26. The zero-order chi connectivity index (χ0) is 15.5. The molecule has 0 amide bonds. The van der Waals surface area contributed by atoms with E-state index in [1.165, 1.54) is 5.56 Å². The first-order chi connectivity index (χ1) is 9.92. The van der Waals surface area contributed by atoms with Crippen molar-refractivity contribution in [2.75, 3.05) is 5.43 Å². The third kappa shape index (κ3) is 3.92. The molecule has 0 aliphatic rings. The summed E-state index contributed by atoms with van der Waals surface area (Å²) in [4.78, 5) is 8.83. The first-order valence-electron chi connectivity index (χ1n) is 7.05. The van der Waals surface area contributed by atoms with Gasteiger partial charge in [-0.25, -0.2) is 10.8 Å². The second-order valence-electron chi connectivity index (χ2n) is 5.91. The van der Waals surface area contributed by atoms with Crippen LogP contribution in [-0.4, -0.2) is 9.97 Å². The number of hydrogen-bond donors (Lipinski definition) is 2. The summed E-state index contributed by atoms with van der Waals surface area (Å²) in [6, 6.07) is 9.65. The highest BCUT2D eigenvalue weighted by atomic mass is 16.5. The van der Waals surface area contributed by atoms with E-state index in [1.54, 1.807) is 6.07 Å². The molecule has 0 radical (unpaired) electrons. The number of hydrogen-bond acceptors (Lipinski definition) is 5. The molecule has 0 saturated carbocycles. The summed E-state index contributed by atoms with van der Waals surface area (Å²) in [5, 5.41) is 0. The molecular weight excluding hydrogens is 264 g/mol. The number of nitrogens with zero attached hydrogens (tertiary/aromatic N) is 2. The Morgan fingerprint density at radius 1 is 1.14 bits per heavy atom. The van der Waals surface area contributed by atoms with Gasteiger partial charge >= 0.3 is 0 Å². The van der Waals surface area contributed by atoms with Crippen LogP contribution in [-0.2, 0) is 11.8 Å². The fourth-order valence-corrected chi connectivity index (χ4v) is 1.80. The highest BCUT2D eigenvalue weighted by Gasteiger charge is 2.19. The number of ether oxygens (including phenoxy) is 1. The van der Waals surface area contributed by atoms with Crippen molar-refractivity contribution >= 4 is 5.82 Å². The lowest BCUT2D eigenvalue weighted by Crippen LogP contribution is -2.19. The number of benzene rings is 1. The van der Waals surface area contributed by atoms with E-state index >= 15 is 0 Å². The molecule has 5 heteroatoms. The Morgan fingerprint density at radius 2 is 1.81 bits per heavy atom. The number of anilines is 1. The summed E-state index contributed by atoms with van der Waals surface area (Å²) in [7, 11) is 0. The molecule has 0 unspecified atom stereocenters. The van der Waals surface area contributed by atoms with Gasteiger partial charge in [0.05, 0.1) is 0 Å². The largest absolute Gasteiger partial charge is 0.439 e. The van der Waals surface area contributed by atoms with Crippen LogP contribution in [0, 0.1) is 0 Å². The van der Waals surface area contributed by atoms with Gasteiger partial charge in [-0.3, -0.25) is 0 Å². The first kappa shape index (κ1) is 15.3. The summed E-state index contributed by atoms with van der Waals surface area (Å²) in [5.41, 5.74) is 3.64. The molecule has 1 aromatic carbocycles. The van der Waals surface area contributed by atoms with E-state index < -0.39 is 0 Å². The maximum absolute atomic E-state index is 5.81. The second kappa shape index (κ2) is 6.10. The van der Waals surface area contributed by atoms with Crippen molar-refractivity contribution in [2.45, 2.75) is 39.5 Å². The Labute approximate surface area is 125 Å². The average molecular weight is 286 g/mol. The van der Waals surface area contributed by atoms with E-state index in [0.29, 0.717) is 17.5 Å². The predicted octanol–water partition coefficient (Wildman–Crippen LogP) is 3.41. The van der Waals surface area contributed by atoms with E-state index in [1.807, 2.05) is 45.0 Å². The van der Waals surface area contributed by atoms with Crippen LogP contribution in [0.4, 0.5) is 5.82 Å². The van der Waals surface area contributed by atoms with Gasteiger partial charge in [-0.05, 0) is 24.1 Å². The maximum Gasteiger partial charge on any atom is 0.224 e. The molecule has 0 aliphatic carbocycles. The quantitative estimate of drug-likeness (QED) is 0.665. The molecule has 3 N–H and O–H groups in total. The fourth-order valence-electron chi connectivity index (χ4n) is 1.80. The van der Waals surface area contributed by atoms with Gasteiger partial charge in [0.1, 0.15) is 17.4 Å². The Kier molecular flexibility index (Phi) is 4.43. The molecule has 0 saturated heterocycles. The SMILES string of the molecule is CCc1ccc(Oc2cc(NN)nc(C(C)(C)C)n2)cc1. The standard InChI is InChI=1S/C16H22N4O/c1-5-11-6-8-12(9-7-11)21-14-10-13(20-17)18-15(19-14)16(2,3)4/h6-10H,5,17H2,1-4H3,(H,18,19,20). The number of nitrogens with two attached hydrogens (primary N) is 1. The third-order valence-electron chi connectivity index (χ3n) is 3.08. The van der Waals surface area contributed by atoms with Crippen molar-refractivity contribution in [1.29, 1.82) is 0 Å². The van der Waals surface area contributed by atoms with Crippen LogP contribution in [0.5, 0.6) is 11.6 Å². The molecule has 0 bridgehead atoms. The lowest BCUT2D eigenvalue weighted by atomic mass is 9.96. The van der Waals surface area contributed by atoms with Gasteiger partial charge in [0.15, 0.2) is 0 Å². The van der Waals surface area contributed by atoms with E-state index in [-0.39, 0.29) is 5.41 Å². The molecular formula is C16H22N4O. The Morgan fingerprint density at radius 3 is 2.33 bits per heavy atom.